The molecule has 120 valence electrons. The number of nitrogens with zero attached hydrogens (tertiary/aromatic N) is 2. The molecule has 0 aliphatic carbocycles. The van der Waals surface area contributed by atoms with Gasteiger partial charge in [-0.2, -0.15) is 0 Å². The molecule has 1 aliphatic rings. The molecule has 0 unspecified atom stereocenters. The van der Waals surface area contributed by atoms with Crippen LogP contribution in [0.3, 0.4) is 0 Å². The minimum atomic E-state index is 0.0416. The lowest BCUT2D eigenvalue weighted by atomic mass is 9.90. The molecular weight excluding hydrogens is 286 g/mol. The summed E-state index contributed by atoms with van der Waals surface area (Å²) in [5.74, 6) is 0.682. The van der Waals surface area contributed by atoms with Crippen molar-refractivity contribution in [2.24, 2.45) is 5.92 Å². The summed E-state index contributed by atoms with van der Waals surface area (Å²) >= 11 is 0. The molecule has 2 aromatic rings. The molecule has 1 fully saturated rings. The summed E-state index contributed by atoms with van der Waals surface area (Å²) in [6, 6.07) is 14.5. The fraction of sp³-hybridized carbons (Fsp3) is 0.368. The molecule has 2 heterocycles. The number of benzene rings is 1. The maximum absolute atomic E-state index is 12.2. The Bertz CT molecular complexity index is 607. The van der Waals surface area contributed by atoms with Gasteiger partial charge < -0.3 is 10.2 Å². The molecule has 0 bridgehead atoms. The second-order valence-corrected chi connectivity index (χ2v) is 6.13. The van der Waals surface area contributed by atoms with E-state index in [1.807, 2.05) is 17.0 Å². The fourth-order valence-electron chi connectivity index (χ4n) is 3.08. The van der Waals surface area contributed by atoms with Gasteiger partial charge in [0.25, 0.3) is 0 Å². The van der Waals surface area contributed by atoms with E-state index < -0.39 is 0 Å². The summed E-state index contributed by atoms with van der Waals surface area (Å²) in [7, 11) is 0. The first-order chi connectivity index (χ1) is 11.3. The molecule has 0 spiro atoms. The molecule has 1 saturated heterocycles. The van der Waals surface area contributed by atoms with Gasteiger partial charge in [-0.05, 0) is 48.4 Å². The van der Waals surface area contributed by atoms with E-state index in [1.54, 1.807) is 12.4 Å². The standard InChI is InChI=1S/C19H23N3O/c23-19(21-15-18-6-10-20-11-7-18)22-12-8-17(9-13-22)14-16-4-2-1-3-5-16/h1-7,10-11,17H,8-9,12-15H2,(H,21,23). The zero-order chi connectivity index (χ0) is 15.9. The first-order valence-corrected chi connectivity index (χ1v) is 8.27. The Kier molecular flexibility index (Phi) is 5.25. The van der Waals surface area contributed by atoms with Crippen LogP contribution in [0.15, 0.2) is 54.9 Å². The third kappa shape index (κ3) is 4.55. The lowest BCUT2D eigenvalue weighted by Gasteiger charge is -2.32. The molecule has 1 aliphatic heterocycles. The predicted molar refractivity (Wildman–Crippen MR) is 90.9 cm³/mol. The Morgan fingerprint density at radius 3 is 2.43 bits per heavy atom. The molecule has 4 nitrogen and oxygen atoms in total. The average Bonchev–Trinajstić information content (AvgIpc) is 2.62. The highest BCUT2D eigenvalue weighted by Crippen LogP contribution is 2.21. The van der Waals surface area contributed by atoms with Gasteiger partial charge in [-0.25, -0.2) is 4.79 Å². The third-order valence-corrected chi connectivity index (χ3v) is 4.46. The number of pyridine rings is 1. The van der Waals surface area contributed by atoms with Gasteiger partial charge in [0, 0.05) is 32.0 Å². The summed E-state index contributed by atoms with van der Waals surface area (Å²) in [5.41, 5.74) is 2.47. The van der Waals surface area contributed by atoms with Crippen molar-refractivity contribution >= 4 is 6.03 Å². The highest BCUT2D eigenvalue weighted by atomic mass is 16.2. The zero-order valence-electron chi connectivity index (χ0n) is 13.3. The molecule has 4 heteroatoms. The van der Waals surface area contributed by atoms with Crippen LogP contribution >= 0.6 is 0 Å². The summed E-state index contributed by atoms with van der Waals surface area (Å²) in [5, 5.41) is 2.99. The summed E-state index contributed by atoms with van der Waals surface area (Å²) in [4.78, 5) is 18.2. The molecule has 0 saturated carbocycles. The normalized spacial score (nSPS) is 15.4. The van der Waals surface area contributed by atoms with E-state index in [1.165, 1.54) is 5.56 Å². The topological polar surface area (TPSA) is 45.2 Å². The number of nitrogens with one attached hydrogen (secondary N) is 1. The number of aromatic nitrogens is 1. The SMILES string of the molecule is O=C(NCc1ccncc1)N1CCC(Cc2ccccc2)CC1. The van der Waals surface area contributed by atoms with E-state index in [0.717, 1.165) is 37.9 Å². The molecule has 1 aromatic carbocycles. The number of amides is 2. The molecule has 0 radical (unpaired) electrons. The minimum Gasteiger partial charge on any atom is -0.334 e. The Balaban J connectivity index is 1.42. The van der Waals surface area contributed by atoms with Crippen molar-refractivity contribution in [3.63, 3.8) is 0 Å². The van der Waals surface area contributed by atoms with Crippen LogP contribution in [0.4, 0.5) is 4.79 Å². The van der Waals surface area contributed by atoms with Gasteiger partial charge in [-0.1, -0.05) is 30.3 Å². The highest BCUT2D eigenvalue weighted by molar-refractivity contribution is 5.74. The van der Waals surface area contributed by atoms with E-state index in [9.17, 15) is 4.79 Å². The van der Waals surface area contributed by atoms with E-state index in [-0.39, 0.29) is 6.03 Å². The van der Waals surface area contributed by atoms with Gasteiger partial charge in [0.05, 0.1) is 0 Å². The van der Waals surface area contributed by atoms with Crippen LogP contribution in [0.25, 0.3) is 0 Å². The zero-order valence-corrected chi connectivity index (χ0v) is 13.3. The molecular formula is C19H23N3O. The Morgan fingerprint density at radius 2 is 1.74 bits per heavy atom. The molecule has 1 aromatic heterocycles. The summed E-state index contributed by atoms with van der Waals surface area (Å²) in [6.45, 7) is 2.25. The Morgan fingerprint density at radius 1 is 1.04 bits per heavy atom. The second kappa shape index (κ2) is 7.77. The van der Waals surface area contributed by atoms with Crippen LogP contribution in [-0.2, 0) is 13.0 Å². The number of hydrogen-bond acceptors (Lipinski definition) is 2. The smallest absolute Gasteiger partial charge is 0.317 e. The number of urea groups is 1. The molecule has 1 N–H and O–H groups in total. The monoisotopic (exact) mass is 309 g/mol. The Hall–Kier alpha value is -2.36. The number of likely N-dealkylation sites (tertiary alicyclic amines) is 1. The van der Waals surface area contributed by atoms with Crippen molar-refractivity contribution in [3.8, 4) is 0 Å². The van der Waals surface area contributed by atoms with E-state index in [2.05, 4.69) is 40.6 Å². The molecule has 2 amide bonds. The van der Waals surface area contributed by atoms with Gasteiger partial charge >= 0.3 is 6.03 Å². The van der Waals surface area contributed by atoms with E-state index in [0.29, 0.717) is 12.5 Å². The van der Waals surface area contributed by atoms with Crippen molar-refractivity contribution in [1.82, 2.24) is 15.2 Å². The van der Waals surface area contributed by atoms with Crippen LogP contribution in [0.5, 0.6) is 0 Å². The van der Waals surface area contributed by atoms with Crippen LogP contribution in [-0.4, -0.2) is 29.0 Å². The first-order valence-electron chi connectivity index (χ1n) is 8.27. The van der Waals surface area contributed by atoms with Crippen LogP contribution in [0.1, 0.15) is 24.0 Å². The molecule has 23 heavy (non-hydrogen) atoms. The van der Waals surface area contributed by atoms with Crippen molar-refractivity contribution in [2.75, 3.05) is 13.1 Å². The molecule has 0 atom stereocenters. The lowest BCUT2D eigenvalue weighted by Crippen LogP contribution is -2.44. The van der Waals surface area contributed by atoms with Gasteiger partial charge in [0.1, 0.15) is 0 Å². The van der Waals surface area contributed by atoms with Crippen molar-refractivity contribution in [2.45, 2.75) is 25.8 Å². The summed E-state index contributed by atoms with van der Waals surface area (Å²) < 4.78 is 0. The van der Waals surface area contributed by atoms with Gasteiger partial charge in [-0.3, -0.25) is 4.98 Å². The lowest BCUT2D eigenvalue weighted by molar-refractivity contribution is 0.170. The number of piperidine rings is 1. The van der Waals surface area contributed by atoms with Gasteiger partial charge in [0.2, 0.25) is 0 Å². The maximum atomic E-state index is 12.2. The fourth-order valence-corrected chi connectivity index (χ4v) is 3.08. The van der Waals surface area contributed by atoms with Crippen LogP contribution < -0.4 is 5.32 Å². The quantitative estimate of drug-likeness (QED) is 0.942. The third-order valence-electron chi connectivity index (χ3n) is 4.46. The highest BCUT2D eigenvalue weighted by Gasteiger charge is 2.22. The minimum absolute atomic E-state index is 0.0416. The largest absolute Gasteiger partial charge is 0.334 e. The van der Waals surface area contributed by atoms with Crippen molar-refractivity contribution < 1.29 is 4.79 Å². The summed E-state index contributed by atoms with van der Waals surface area (Å²) in [6.07, 6.45) is 6.77. The van der Waals surface area contributed by atoms with Gasteiger partial charge in [-0.15, -0.1) is 0 Å². The van der Waals surface area contributed by atoms with Crippen molar-refractivity contribution in [1.29, 1.82) is 0 Å². The van der Waals surface area contributed by atoms with Crippen molar-refractivity contribution in [3.05, 3.63) is 66.0 Å². The van der Waals surface area contributed by atoms with Crippen LogP contribution in [0, 0.1) is 5.92 Å². The number of carbonyl (C=O) groups is 1. The maximum Gasteiger partial charge on any atom is 0.317 e. The number of rotatable bonds is 4. The second-order valence-electron chi connectivity index (χ2n) is 6.13. The van der Waals surface area contributed by atoms with E-state index in [4.69, 9.17) is 0 Å². The van der Waals surface area contributed by atoms with Gasteiger partial charge in [0.15, 0.2) is 0 Å². The first kappa shape index (κ1) is 15.5. The number of carbonyl (C=O) groups excluding carboxylic acids is 1. The Labute approximate surface area is 137 Å². The van der Waals surface area contributed by atoms with Crippen LogP contribution in [0.2, 0.25) is 0 Å². The average molecular weight is 309 g/mol. The predicted octanol–water partition coefficient (Wildman–Crippen LogP) is 3.25. The molecule has 3 rings (SSSR count). The van der Waals surface area contributed by atoms with E-state index >= 15 is 0 Å². The number of hydrogen-bond donors (Lipinski definition) is 1.